The molecule has 0 aliphatic carbocycles. The molecule has 0 saturated carbocycles. The third-order valence-electron chi connectivity index (χ3n) is 3.36. The zero-order valence-electron chi connectivity index (χ0n) is 13.5. The number of hydrogen-bond donors (Lipinski definition) is 1. The number of anilines is 1. The smallest absolute Gasteiger partial charge is 0.271 e. The zero-order valence-corrected chi connectivity index (χ0v) is 13.5. The highest BCUT2D eigenvalue weighted by Crippen LogP contribution is 2.12. The van der Waals surface area contributed by atoms with Crippen molar-refractivity contribution in [3.63, 3.8) is 0 Å². The zero-order chi connectivity index (χ0) is 17.5. The van der Waals surface area contributed by atoms with Gasteiger partial charge >= 0.3 is 0 Å². The Labute approximate surface area is 139 Å². The molecule has 5 nitrogen and oxygen atoms in total. The predicted molar refractivity (Wildman–Crippen MR) is 91.4 cm³/mol. The van der Waals surface area contributed by atoms with E-state index in [9.17, 15) is 14.0 Å². The third kappa shape index (κ3) is 4.74. The molecule has 24 heavy (non-hydrogen) atoms. The van der Waals surface area contributed by atoms with E-state index in [1.807, 2.05) is 30.3 Å². The van der Waals surface area contributed by atoms with E-state index in [2.05, 4.69) is 10.5 Å². The van der Waals surface area contributed by atoms with Crippen molar-refractivity contribution < 1.29 is 14.0 Å². The monoisotopic (exact) mass is 327 g/mol. The molecule has 0 aromatic heterocycles. The van der Waals surface area contributed by atoms with Gasteiger partial charge in [-0.25, -0.2) is 9.82 Å². The van der Waals surface area contributed by atoms with Gasteiger partial charge in [-0.05, 0) is 37.3 Å². The van der Waals surface area contributed by atoms with E-state index < -0.39 is 11.7 Å². The fourth-order valence-corrected chi connectivity index (χ4v) is 2.01. The van der Waals surface area contributed by atoms with Gasteiger partial charge in [0.1, 0.15) is 5.82 Å². The average molecular weight is 327 g/mol. The number of para-hydroxylation sites is 1. The Morgan fingerprint density at radius 3 is 2.50 bits per heavy atom. The molecule has 6 heteroatoms. The normalized spacial score (nSPS) is 11.0. The molecule has 0 spiro atoms. The number of carbonyl (C=O) groups is 2. The van der Waals surface area contributed by atoms with Crippen molar-refractivity contribution in [1.29, 1.82) is 0 Å². The van der Waals surface area contributed by atoms with Gasteiger partial charge in [0.25, 0.3) is 5.91 Å². The molecule has 0 heterocycles. The quantitative estimate of drug-likeness (QED) is 0.678. The van der Waals surface area contributed by atoms with Crippen molar-refractivity contribution in [3.05, 3.63) is 66.0 Å². The van der Waals surface area contributed by atoms with Crippen LogP contribution in [0.5, 0.6) is 0 Å². The number of nitrogens with zero attached hydrogens (tertiary/aromatic N) is 2. The van der Waals surface area contributed by atoms with E-state index in [-0.39, 0.29) is 17.9 Å². The van der Waals surface area contributed by atoms with E-state index in [0.717, 1.165) is 11.8 Å². The second-order valence-electron chi connectivity index (χ2n) is 5.26. The minimum Gasteiger partial charge on any atom is -0.315 e. The highest BCUT2D eigenvalue weighted by Gasteiger charge is 2.12. The summed E-state index contributed by atoms with van der Waals surface area (Å²) < 4.78 is 13.1. The molecular formula is C18H18FN3O2. The second-order valence-corrected chi connectivity index (χ2v) is 5.26. The molecule has 2 aromatic rings. The Morgan fingerprint density at radius 1 is 1.12 bits per heavy atom. The van der Waals surface area contributed by atoms with Gasteiger partial charge in [0.15, 0.2) is 0 Å². The third-order valence-corrected chi connectivity index (χ3v) is 3.36. The first-order valence-corrected chi connectivity index (χ1v) is 7.38. The van der Waals surface area contributed by atoms with Gasteiger partial charge < -0.3 is 4.90 Å². The lowest BCUT2D eigenvalue weighted by atomic mass is 10.2. The van der Waals surface area contributed by atoms with Crippen molar-refractivity contribution in [1.82, 2.24) is 5.43 Å². The van der Waals surface area contributed by atoms with Gasteiger partial charge in [-0.2, -0.15) is 5.10 Å². The number of benzene rings is 2. The van der Waals surface area contributed by atoms with Crippen LogP contribution in [-0.4, -0.2) is 24.6 Å². The molecule has 0 aliphatic heterocycles. The maximum Gasteiger partial charge on any atom is 0.271 e. The Bertz CT molecular complexity index is 760. The average Bonchev–Trinajstić information content (AvgIpc) is 2.59. The summed E-state index contributed by atoms with van der Waals surface area (Å²) >= 11 is 0. The predicted octanol–water partition coefficient (Wildman–Crippen LogP) is 2.98. The summed E-state index contributed by atoms with van der Waals surface area (Å²) in [6, 6.07) is 14.5. The summed E-state index contributed by atoms with van der Waals surface area (Å²) in [5, 5.41) is 3.89. The Kier molecular flexibility index (Phi) is 5.78. The fourth-order valence-electron chi connectivity index (χ4n) is 2.01. The van der Waals surface area contributed by atoms with Crippen LogP contribution in [0.3, 0.4) is 0 Å². The molecule has 2 aromatic carbocycles. The number of rotatable bonds is 5. The summed E-state index contributed by atoms with van der Waals surface area (Å²) in [6.07, 6.45) is 0.0643. The highest BCUT2D eigenvalue weighted by atomic mass is 19.1. The first-order valence-electron chi connectivity index (χ1n) is 7.38. The molecular weight excluding hydrogens is 309 g/mol. The lowest BCUT2D eigenvalue weighted by Gasteiger charge is -2.17. The Morgan fingerprint density at radius 2 is 1.83 bits per heavy atom. The van der Waals surface area contributed by atoms with Crippen LogP contribution in [0.15, 0.2) is 59.7 Å². The largest absolute Gasteiger partial charge is 0.315 e. The number of amides is 2. The van der Waals surface area contributed by atoms with Crippen molar-refractivity contribution in [3.8, 4) is 0 Å². The summed E-state index contributed by atoms with van der Waals surface area (Å²) in [6.45, 7) is 1.64. The molecule has 2 rings (SSSR count). The van der Waals surface area contributed by atoms with Crippen LogP contribution in [0, 0.1) is 5.82 Å². The maximum atomic E-state index is 13.1. The minimum atomic E-state index is -0.530. The van der Waals surface area contributed by atoms with Gasteiger partial charge in [-0.3, -0.25) is 9.59 Å². The maximum absolute atomic E-state index is 13.1. The molecule has 0 radical (unpaired) electrons. The van der Waals surface area contributed by atoms with Gasteiger partial charge in [-0.15, -0.1) is 0 Å². The van der Waals surface area contributed by atoms with Gasteiger partial charge in [0, 0.05) is 24.0 Å². The standard InChI is InChI=1S/C18H18FN3O2/c1-13(11-17(23)22(2)16-9-4-3-5-10-16)20-21-18(24)14-7-6-8-15(19)12-14/h3-10,12H,11H2,1-2H3,(H,21,24). The highest BCUT2D eigenvalue weighted by molar-refractivity contribution is 6.07. The Balaban J connectivity index is 1.94. The molecule has 0 unspecified atom stereocenters. The number of nitrogens with one attached hydrogen (secondary N) is 1. The molecule has 0 atom stereocenters. The van der Waals surface area contributed by atoms with Crippen LogP contribution in [-0.2, 0) is 4.79 Å². The van der Waals surface area contributed by atoms with Crippen molar-refractivity contribution in [2.45, 2.75) is 13.3 Å². The van der Waals surface area contributed by atoms with Crippen LogP contribution >= 0.6 is 0 Å². The molecule has 2 amide bonds. The van der Waals surface area contributed by atoms with E-state index in [1.54, 1.807) is 14.0 Å². The summed E-state index contributed by atoms with van der Waals surface area (Å²) in [5.41, 5.74) is 3.72. The van der Waals surface area contributed by atoms with Crippen molar-refractivity contribution in [2.24, 2.45) is 5.10 Å². The van der Waals surface area contributed by atoms with Crippen molar-refractivity contribution >= 4 is 23.2 Å². The number of carbonyl (C=O) groups excluding carboxylic acids is 2. The Hall–Kier alpha value is -3.02. The topological polar surface area (TPSA) is 61.8 Å². The summed E-state index contributed by atoms with van der Waals surface area (Å²) in [4.78, 5) is 25.6. The van der Waals surface area contributed by atoms with E-state index in [1.165, 1.54) is 23.1 Å². The SMILES string of the molecule is CC(CC(=O)N(C)c1ccccc1)=NNC(=O)c1cccc(F)c1. The van der Waals surface area contributed by atoms with Crippen LogP contribution < -0.4 is 10.3 Å². The molecule has 124 valence electrons. The molecule has 1 N–H and O–H groups in total. The summed E-state index contributed by atoms with van der Waals surface area (Å²) in [5.74, 6) is -1.18. The van der Waals surface area contributed by atoms with Crippen LogP contribution in [0.1, 0.15) is 23.7 Å². The number of hydrogen-bond acceptors (Lipinski definition) is 3. The summed E-state index contributed by atoms with van der Waals surface area (Å²) in [7, 11) is 1.68. The molecule has 0 saturated heterocycles. The minimum absolute atomic E-state index is 0.0643. The second kappa shape index (κ2) is 8.01. The van der Waals surface area contributed by atoms with Crippen LogP contribution in [0.25, 0.3) is 0 Å². The van der Waals surface area contributed by atoms with Gasteiger partial charge in [0.2, 0.25) is 5.91 Å². The molecule has 0 aliphatic rings. The van der Waals surface area contributed by atoms with Gasteiger partial charge in [0.05, 0.1) is 6.42 Å². The first-order chi connectivity index (χ1) is 11.5. The van der Waals surface area contributed by atoms with E-state index >= 15 is 0 Å². The van der Waals surface area contributed by atoms with E-state index in [4.69, 9.17) is 0 Å². The molecule has 0 bridgehead atoms. The number of halogens is 1. The van der Waals surface area contributed by atoms with Crippen LogP contribution in [0.2, 0.25) is 0 Å². The lowest BCUT2D eigenvalue weighted by Crippen LogP contribution is -2.28. The van der Waals surface area contributed by atoms with E-state index in [0.29, 0.717) is 5.71 Å². The fraction of sp³-hybridized carbons (Fsp3) is 0.167. The number of hydrazone groups is 1. The first kappa shape index (κ1) is 17.3. The van der Waals surface area contributed by atoms with Crippen molar-refractivity contribution in [2.75, 3.05) is 11.9 Å². The van der Waals surface area contributed by atoms with Crippen LogP contribution in [0.4, 0.5) is 10.1 Å². The molecule has 0 fully saturated rings. The lowest BCUT2D eigenvalue weighted by molar-refractivity contribution is -0.117. The van der Waals surface area contributed by atoms with Gasteiger partial charge in [-0.1, -0.05) is 24.3 Å².